The highest BCUT2D eigenvalue weighted by atomic mass is 79.9. The lowest BCUT2D eigenvalue weighted by atomic mass is 9.72. The van der Waals surface area contributed by atoms with Gasteiger partial charge < -0.3 is 4.74 Å². The fourth-order valence-electron chi connectivity index (χ4n) is 4.76. The van der Waals surface area contributed by atoms with Crippen LogP contribution in [0.3, 0.4) is 0 Å². The molecule has 1 aromatic carbocycles. The monoisotopic (exact) mass is 443 g/mol. The van der Waals surface area contributed by atoms with E-state index in [9.17, 15) is 9.59 Å². The first-order valence-electron chi connectivity index (χ1n) is 10.3. The summed E-state index contributed by atoms with van der Waals surface area (Å²) in [6.45, 7) is 1.90. The molecule has 3 aliphatic rings. The van der Waals surface area contributed by atoms with Crippen molar-refractivity contribution in [1.82, 2.24) is 0 Å². The van der Waals surface area contributed by atoms with Crippen LogP contribution in [0.4, 0.5) is 0 Å². The standard InChI is InChI=1S/C23H26BrNO3/c1-14-20(23(27)28-17-6-3-2-4-7-17)21(15-10-12-16(24)13-11-15)22-18(25-14)8-5-9-19(22)26/h10-13,17,20-21H,2-9H2,1H3. The zero-order valence-electron chi connectivity index (χ0n) is 16.2. The van der Waals surface area contributed by atoms with Crippen molar-refractivity contribution in [3.05, 3.63) is 45.6 Å². The Kier molecular flexibility index (Phi) is 5.81. The molecule has 5 heteroatoms. The van der Waals surface area contributed by atoms with Crippen LogP contribution < -0.4 is 0 Å². The summed E-state index contributed by atoms with van der Waals surface area (Å²) in [5.74, 6) is -0.930. The molecule has 4 rings (SSSR count). The van der Waals surface area contributed by atoms with E-state index in [0.717, 1.165) is 65.5 Å². The fourth-order valence-corrected chi connectivity index (χ4v) is 5.03. The number of carbonyl (C=O) groups is 2. The summed E-state index contributed by atoms with van der Waals surface area (Å²) < 4.78 is 6.90. The average molecular weight is 444 g/mol. The van der Waals surface area contributed by atoms with Crippen molar-refractivity contribution in [2.45, 2.75) is 70.3 Å². The van der Waals surface area contributed by atoms with Gasteiger partial charge in [0.2, 0.25) is 0 Å². The molecule has 0 saturated heterocycles. The number of hydrogen-bond donors (Lipinski definition) is 0. The van der Waals surface area contributed by atoms with Crippen molar-refractivity contribution in [3.63, 3.8) is 0 Å². The summed E-state index contributed by atoms with van der Waals surface area (Å²) in [4.78, 5) is 30.8. The van der Waals surface area contributed by atoms with Crippen LogP contribution in [0.1, 0.15) is 69.8 Å². The molecule has 0 aromatic heterocycles. The van der Waals surface area contributed by atoms with Crippen molar-refractivity contribution in [2.24, 2.45) is 10.9 Å². The van der Waals surface area contributed by atoms with Crippen LogP contribution in [0.25, 0.3) is 0 Å². The molecular weight excluding hydrogens is 418 g/mol. The second kappa shape index (κ2) is 8.32. The van der Waals surface area contributed by atoms with Gasteiger partial charge in [-0.25, -0.2) is 0 Å². The van der Waals surface area contributed by atoms with Gasteiger partial charge in [0.05, 0.1) is 0 Å². The number of benzene rings is 1. The van der Waals surface area contributed by atoms with Crippen molar-refractivity contribution in [3.8, 4) is 0 Å². The number of ether oxygens (including phenoxy) is 1. The molecule has 1 aromatic rings. The summed E-state index contributed by atoms with van der Waals surface area (Å²) in [7, 11) is 0. The molecule has 4 nitrogen and oxygen atoms in total. The number of Topliss-reactive ketones (excluding diaryl/α,β-unsaturated/α-hetero) is 1. The van der Waals surface area contributed by atoms with Crippen LogP contribution >= 0.6 is 15.9 Å². The van der Waals surface area contributed by atoms with Gasteiger partial charge in [-0.15, -0.1) is 0 Å². The minimum absolute atomic E-state index is 0.00273. The third kappa shape index (κ3) is 3.86. The second-order valence-electron chi connectivity index (χ2n) is 8.09. The molecule has 28 heavy (non-hydrogen) atoms. The van der Waals surface area contributed by atoms with Crippen LogP contribution in [0.5, 0.6) is 0 Å². The number of aliphatic imine (C=N–C) groups is 1. The molecule has 148 valence electrons. The molecule has 2 unspecified atom stereocenters. The third-order valence-corrected chi connectivity index (χ3v) is 6.68. The van der Waals surface area contributed by atoms with Crippen LogP contribution in [0.2, 0.25) is 0 Å². The van der Waals surface area contributed by atoms with E-state index in [1.54, 1.807) is 0 Å². The minimum atomic E-state index is -0.524. The first kappa shape index (κ1) is 19.6. The van der Waals surface area contributed by atoms with Crippen molar-refractivity contribution >= 4 is 33.4 Å². The normalized spacial score (nSPS) is 25.9. The molecular formula is C23H26BrNO3. The molecule has 2 aliphatic carbocycles. The average Bonchev–Trinajstić information content (AvgIpc) is 2.68. The number of carbonyl (C=O) groups excluding carboxylic acids is 2. The Morgan fingerprint density at radius 3 is 2.50 bits per heavy atom. The second-order valence-corrected chi connectivity index (χ2v) is 9.01. The maximum Gasteiger partial charge on any atom is 0.315 e. The van der Waals surface area contributed by atoms with Gasteiger partial charge in [-0.05, 0) is 63.1 Å². The maximum atomic E-state index is 13.3. The topological polar surface area (TPSA) is 55.7 Å². The van der Waals surface area contributed by atoms with Crippen LogP contribution in [0, 0.1) is 5.92 Å². The van der Waals surface area contributed by atoms with E-state index in [4.69, 9.17) is 9.73 Å². The summed E-state index contributed by atoms with van der Waals surface area (Å²) >= 11 is 3.48. The molecule has 0 spiro atoms. The van der Waals surface area contributed by atoms with E-state index >= 15 is 0 Å². The highest BCUT2D eigenvalue weighted by Gasteiger charge is 2.43. The molecule has 0 radical (unpaired) electrons. The minimum Gasteiger partial charge on any atom is -0.462 e. The fraction of sp³-hybridized carbons (Fsp3) is 0.522. The number of rotatable bonds is 3. The van der Waals surface area contributed by atoms with E-state index in [-0.39, 0.29) is 23.8 Å². The lowest BCUT2D eigenvalue weighted by Crippen LogP contribution is -2.38. The number of esters is 1. The van der Waals surface area contributed by atoms with Crippen LogP contribution in [-0.2, 0) is 14.3 Å². The number of halogens is 1. The number of hydrogen-bond acceptors (Lipinski definition) is 4. The Labute approximate surface area is 174 Å². The molecule has 1 fully saturated rings. The van der Waals surface area contributed by atoms with Gasteiger partial charge >= 0.3 is 5.97 Å². The lowest BCUT2D eigenvalue weighted by Gasteiger charge is -2.35. The molecule has 1 aliphatic heterocycles. The van der Waals surface area contributed by atoms with Crippen molar-refractivity contribution < 1.29 is 14.3 Å². The Morgan fingerprint density at radius 2 is 1.79 bits per heavy atom. The summed E-state index contributed by atoms with van der Waals surface area (Å²) in [6, 6.07) is 7.93. The van der Waals surface area contributed by atoms with E-state index < -0.39 is 5.92 Å². The van der Waals surface area contributed by atoms with Crippen molar-refractivity contribution in [2.75, 3.05) is 0 Å². The van der Waals surface area contributed by atoms with Gasteiger partial charge in [0.1, 0.15) is 12.0 Å². The number of allylic oxidation sites excluding steroid dienone is 2. The maximum absolute atomic E-state index is 13.3. The summed E-state index contributed by atoms with van der Waals surface area (Å²) in [6.07, 6.45) is 7.47. The molecule has 0 N–H and O–H groups in total. The first-order chi connectivity index (χ1) is 13.5. The van der Waals surface area contributed by atoms with Crippen LogP contribution in [-0.4, -0.2) is 23.6 Å². The first-order valence-corrected chi connectivity index (χ1v) is 11.1. The number of nitrogens with zero attached hydrogens (tertiary/aromatic N) is 1. The smallest absolute Gasteiger partial charge is 0.315 e. The summed E-state index contributed by atoms with van der Waals surface area (Å²) in [5, 5.41) is 0. The highest BCUT2D eigenvalue weighted by molar-refractivity contribution is 9.10. The van der Waals surface area contributed by atoms with Gasteiger partial charge in [0, 0.05) is 33.8 Å². The Bertz CT molecular complexity index is 834. The SMILES string of the molecule is CC1=NC2=C(C(=O)CCC2)C(c2ccc(Br)cc2)C1C(=O)OC1CCCCC1. The predicted octanol–water partition coefficient (Wildman–Crippen LogP) is 5.51. The van der Waals surface area contributed by atoms with Gasteiger partial charge in [-0.3, -0.25) is 14.6 Å². The Hall–Kier alpha value is -1.75. The Balaban J connectivity index is 1.71. The quantitative estimate of drug-likeness (QED) is 0.578. The largest absolute Gasteiger partial charge is 0.462 e. The molecule has 0 amide bonds. The molecule has 1 heterocycles. The van der Waals surface area contributed by atoms with E-state index in [1.807, 2.05) is 31.2 Å². The van der Waals surface area contributed by atoms with Gasteiger partial charge in [0.25, 0.3) is 0 Å². The zero-order valence-corrected chi connectivity index (χ0v) is 17.8. The highest BCUT2D eigenvalue weighted by Crippen LogP contribution is 2.44. The van der Waals surface area contributed by atoms with Crippen LogP contribution in [0.15, 0.2) is 45.0 Å². The Morgan fingerprint density at radius 1 is 1.07 bits per heavy atom. The van der Waals surface area contributed by atoms with Gasteiger partial charge in [-0.2, -0.15) is 0 Å². The van der Waals surface area contributed by atoms with Gasteiger partial charge in [-0.1, -0.05) is 34.5 Å². The van der Waals surface area contributed by atoms with E-state index in [1.165, 1.54) is 6.42 Å². The lowest BCUT2D eigenvalue weighted by molar-refractivity contribution is -0.153. The van der Waals surface area contributed by atoms with E-state index in [2.05, 4.69) is 15.9 Å². The zero-order chi connectivity index (χ0) is 19.7. The predicted molar refractivity (Wildman–Crippen MR) is 112 cm³/mol. The van der Waals surface area contributed by atoms with E-state index in [0.29, 0.717) is 6.42 Å². The number of ketones is 1. The summed E-state index contributed by atoms with van der Waals surface area (Å²) in [5.41, 5.74) is 3.33. The van der Waals surface area contributed by atoms with Crippen molar-refractivity contribution in [1.29, 1.82) is 0 Å². The third-order valence-electron chi connectivity index (χ3n) is 6.15. The molecule has 1 saturated carbocycles. The molecule has 0 bridgehead atoms. The molecule has 2 atom stereocenters. The van der Waals surface area contributed by atoms with Gasteiger partial charge in [0.15, 0.2) is 5.78 Å².